The summed E-state index contributed by atoms with van der Waals surface area (Å²) >= 11 is 1.48. The Morgan fingerprint density at radius 3 is 2.95 bits per heavy atom. The molecular weight excluding hydrogens is 298 g/mol. The summed E-state index contributed by atoms with van der Waals surface area (Å²) in [6, 6.07) is 5.57. The van der Waals surface area contributed by atoms with Gasteiger partial charge in [-0.25, -0.2) is 9.67 Å². The average molecular weight is 313 g/mol. The van der Waals surface area contributed by atoms with Crippen molar-refractivity contribution in [2.45, 2.75) is 20.3 Å². The topological polar surface area (TPSA) is 72.7 Å². The minimum atomic E-state index is -0.113. The van der Waals surface area contributed by atoms with Crippen molar-refractivity contribution in [2.24, 2.45) is 0 Å². The Morgan fingerprint density at radius 2 is 2.27 bits per heavy atom. The van der Waals surface area contributed by atoms with Crippen molar-refractivity contribution in [3.8, 4) is 5.13 Å². The largest absolute Gasteiger partial charge is 0.324 e. The molecule has 3 aromatic rings. The third-order valence-corrected chi connectivity index (χ3v) is 3.88. The molecule has 6 nitrogen and oxygen atoms in total. The van der Waals surface area contributed by atoms with Gasteiger partial charge in [0.1, 0.15) is 0 Å². The molecule has 22 heavy (non-hydrogen) atoms. The molecule has 112 valence electrons. The zero-order valence-corrected chi connectivity index (χ0v) is 13.1. The molecule has 0 unspecified atom stereocenters. The van der Waals surface area contributed by atoms with E-state index in [0.717, 1.165) is 22.2 Å². The molecule has 0 spiro atoms. The van der Waals surface area contributed by atoms with Crippen molar-refractivity contribution in [1.82, 2.24) is 19.7 Å². The first-order valence-electron chi connectivity index (χ1n) is 6.80. The second kappa shape index (κ2) is 6.07. The molecule has 3 aromatic heterocycles. The number of carbonyl (C=O) groups excluding carboxylic acids is 1. The van der Waals surface area contributed by atoms with Crippen LogP contribution in [0.25, 0.3) is 5.13 Å². The van der Waals surface area contributed by atoms with Gasteiger partial charge in [0.25, 0.3) is 0 Å². The maximum atomic E-state index is 12.0. The van der Waals surface area contributed by atoms with E-state index in [2.05, 4.69) is 20.4 Å². The molecule has 7 heteroatoms. The third kappa shape index (κ3) is 3.20. The summed E-state index contributed by atoms with van der Waals surface area (Å²) in [6.07, 6.45) is 3.50. The van der Waals surface area contributed by atoms with Gasteiger partial charge in [-0.05, 0) is 32.0 Å². The van der Waals surface area contributed by atoms with E-state index >= 15 is 0 Å². The van der Waals surface area contributed by atoms with Gasteiger partial charge in [-0.15, -0.1) is 11.3 Å². The smallest absolute Gasteiger partial charge is 0.230 e. The first kappa shape index (κ1) is 14.4. The van der Waals surface area contributed by atoms with E-state index < -0.39 is 0 Å². The van der Waals surface area contributed by atoms with Crippen molar-refractivity contribution < 1.29 is 4.79 Å². The number of hydrogen-bond donors (Lipinski definition) is 1. The number of thiazole rings is 1. The van der Waals surface area contributed by atoms with E-state index in [1.54, 1.807) is 29.2 Å². The van der Waals surface area contributed by atoms with Crippen LogP contribution in [-0.4, -0.2) is 25.7 Å². The highest BCUT2D eigenvalue weighted by Gasteiger charge is 2.11. The quantitative estimate of drug-likeness (QED) is 0.803. The van der Waals surface area contributed by atoms with Crippen molar-refractivity contribution in [2.75, 3.05) is 5.32 Å². The maximum absolute atomic E-state index is 12.0. The highest BCUT2D eigenvalue weighted by atomic mass is 32.1. The van der Waals surface area contributed by atoms with E-state index in [9.17, 15) is 4.79 Å². The summed E-state index contributed by atoms with van der Waals surface area (Å²) in [5, 5.41) is 9.85. The third-order valence-electron chi connectivity index (χ3n) is 3.02. The number of amides is 1. The number of nitrogens with one attached hydrogen (secondary N) is 1. The molecule has 1 N–H and O–H groups in total. The van der Waals surface area contributed by atoms with Gasteiger partial charge in [0.05, 0.1) is 29.7 Å². The van der Waals surface area contributed by atoms with E-state index in [0.29, 0.717) is 5.69 Å². The molecule has 0 bridgehead atoms. The molecule has 0 saturated heterocycles. The number of carbonyl (C=O) groups is 1. The zero-order valence-electron chi connectivity index (χ0n) is 12.3. The summed E-state index contributed by atoms with van der Waals surface area (Å²) in [5.74, 6) is -0.113. The van der Waals surface area contributed by atoms with Crippen LogP contribution in [0.2, 0.25) is 0 Å². The maximum Gasteiger partial charge on any atom is 0.230 e. The predicted molar refractivity (Wildman–Crippen MR) is 85.3 cm³/mol. The van der Waals surface area contributed by atoms with Gasteiger partial charge in [-0.3, -0.25) is 9.78 Å². The van der Waals surface area contributed by atoms with Crippen LogP contribution in [0, 0.1) is 13.8 Å². The Bertz CT molecular complexity index is 793. The van der Waals surface area contributed by atoms with E-state index in [1.165, 1.54) is 11.3 Å². The number of nitrogens with zero attached hydrogens (tertiary/aromatic N) is 4. The van der Waals surface area contributed by atoms with Gasteiger partial charge in [0.2, 0.25) is 11.0 Å². The summed E-state index contributed by atoms with van der Waals surface area (Å²) < 4.78 is 1.79. The molecular formula is C15H15N5OS. The minimum Gasteiger partial charge on any atom is -0.324 e. The summed E-state index contributed by atoms with van der Waals surface area (Å²) in [6.45, 7) is 3.93. The number of pyridine rings is 1. The number of anilines is 1. The predicted octanol–water partition coefficient (Wildman–Crippen LogP) is 2.52. The normalized spacial score (nSPS) is 10.6. The standard InChI is InChI=1S/C15H15N5OS/c1-10-6-11(2)20(19-10)15-18-13(9-22-15)7-14(21)17-12-4-3-5-16-8-12/h3-6,8-9H,7H2,1-2H3,(H,17,21). The summed E-state index contributed by atoms with van der Waals surface area (Å²) in [4.78, 5) is 20.4. The number of aryl methyl sites for hydroxylation is 2. The second-order valence-electron chi connectivity index (χ2n) is 4.93. The fourth-order valence-corrected chi connectivity index (χ4v) is 2.94. The fourth-order valence-electron chi connectivity index (χ4n) is 2.10. The van der Waals surface area contributed by atoms with Crippen molar-refractivity contribution in [1.29, 1.82) is 0 Å². The lowest BCUT2D eigenvalue weighted by Gasteiger charge is -2.02. The number of hydrogen-bond acceptors (Lipinski definition) is 5. The fraction of sp³-hybridized carbons (Fsp3) is 0.200. The van der Waals surface area contributed by atoms with Crippen LogP contribution in [0.4, 0.5) is 5.69 Å². The van der Waals surface area contributed by atoms with E-state index in [1.807, 2.05) is 25.3 Å². The Hall–Kier alpha value is -2.54. The molecule has 0 aromatic carbocycles. The SMILES string of the molecule is Cc1cc(C)n(-c2nc(CC(=O)Nc3cccnc3)cs2)n1. The van der Waals surface area contributed by atoms with Crippen LogP contribution in [0.15, 0.2) is 36.0 Å². The summed E-state index contributed by atoms with van der Waals surface area (Å²) in [5.41, 5.74) is 3.39. The Balaban J connectivity index is 1.69. The van der Waals surface area contributed by atoms with Gasteiger partial charge in [-0.2, -0.15) is 5.10 Å². The van der Waals surface area contributed by atoms with Crippen LogP contribution < -0.4 is 5.32 Å². The zero-order chi connectivity index (χ0) is 15.5. The highest BCUT2D eigenvalue weighted by Crippen LogP contribution is 2.17. The van der Waals surface area contributed by atoms with Crippen molar-refractivity contribution in [3.05, 3.63) is 53.1 Å². The van der Waals surface area contributed by atoms with Gasteiger partial charge >= 0.3 is 0 Å². The second-order valence-corrected chi connectivity index (χ2v) is 5.76. The van der Waals surface area contributed by atoms with E-state index in [4.69, 9.17) is 0 Å². The Kier molecular flexibility index (Phi) is 3.97. The number of aromatic nitrogens is 4. The molecule has 0 radical (unpaired) electrons. The van der Waals surface area contributed by atoms with Gasteiger partial charge < -0.3 is 5.32 Å². The Labute approximate surface area is 131 Å². The van der Waals surface area contributed by atoms with Gasteiger partial charge in [0, 0.05) is 17.3 Å². The van der Waals surface area contributed by atoms with Gasteiger partial charge in [0.15, 0.2) is 0 Å². The molecule has 0 fully saturated rings. The lowest BCUT2D eigenvalue weighted by Crippen LogP contribution is -2.14. The molecule has 3 rings (SSSR count). The molecule has 0 saturated carbocycles. The van der Waals surface area contributed by atoms with Crippen molar-refractivity contribution >= 4 is 22.9 Å². The van der Waals surface area contributed by atoms with Crippen LogP contribution in [-0.2, 0) is 11.2 Å². The molecule has 0 aliphatic heterocycles. The van der Waals surface area contributed by atoms with E-state index in [-0.39, 0.29) is 12.3 Å². The first-order chi connectivity index (χ1) is 10.6. The Morgan fingerprint density at radius 1 is 1.41 bits per heavy atom. The molecule has 0 atom stereocenters. The van der Waals surface area contributed by atoms with Crippen LogP contribution in [0.1, 0.15) is 17.1 Å². The van der Waals surface area contributed by atoms with Gasteiger partial charge in [-0.1, -0.05) is 0 Å². The lowest BCUT2D eigenvalue weighted by molar-refractivity contribution is -0.115. The molecule has 3 heterocycles. The first-order valence-corrected chi connectivity index (χ1v) is 7.68. The highest BCUT2D eigenvalue weighted by molar-refractivity contribution is 7.12. The lowest BCUT2D eigenvalue weighted by atomic mass is 10.3. The molecule has 1 amide bonds. The van der Waals surface area contributed by atoms with Crippen LogP contribution in [0.5, 0.6) is 0 Å². The molecule has 0 aliphatic rings. The summed E-state index contributed by atoms with van der Waals surface area (Å²) in [7, 11) is 0. The number of rotatable bonds is 4. The van der Waals surface area contributed by atoms with Crippen LogP contribution in [0.3, 0.4) is 0 Å². The monoisotopic (exact) mass is 313 g/mol. The average Bonchev–Trinajstić information content (AvgIpc) is 3.06. The van der Waals surface area contributed by atoms with Crippen LogP contribution >= 0.6 is 11.3 Å². The molecule has 0 aliphatic carbocycles. The minimum absolute atomic E-state index is 0.113. The van der Waals surface area contributed by atoms with Crippen molar-refractivity contribution in [3.63, 3.8) is 0 Å².